The van der Waals surface area contributed by atoms with E-state index < -0.39 is 11.7 Å². The van der Waals surface area contributed by atoms with Gasteiger partial charge in [-0.1, -0.05) is 0 Å². The second-order valence-electron chi connectivity index (χ2n) is 4.86. The number of anilines is 1. The minimum absolute atomic E-state index is 0.290. The molecule has 0 unspecified atom stereocenters. The van der Waals surface area contributed by atoms with E-state index in [2.05, 4.69) is 24.1 Å². The lowest BCUT2D eigenvalue weighted by Gasteiger charge is -2.39. The minimum Gasteiger partial charge on any atom is -0.366 e. The van der Waals surface area contributed by atoms with Crippen LogP contribution in [0.5, 0.6) is 0 Å². The zero-order valence-corrected chi connectivity index (χ0v) is 10.5. The van der Waals surface area contributed by atoms with Gasteiger partial charge in [-0.15, -0.1) is 0 Å². The van der Waals surface area contributed by atoms with Crippen molar-refractivity contribution < 1.29 is 13.2 Å². The number of nitrogens with one attached hydrogen (secondary N) is 1. The van der Waals surface area contributed by atoms with Gasteiger partial charge in [-0.05, 0) is 38.1 Å². The van der Waals surface area contributed by atoms with Crippen molar-refractivity contribution in [1.82, 2.24) is 5.32 Å². The van der Waals surface area contributed by atoms with E-state index in [9.17, 15) is 13.2 Å². The molecule has 5 heteroatoms. The van der Waals surface area contributed by atoms with Gasteiger partial charge in [0.25, 0.3) is 0 Å². The third-order valence-electron chi connectivity index (χ3n) is 3.29. The summed E-state index contributed by atoms with van der Waals surface area (Å²) in [6.07, 6.45) is -4.26. The highest BCUT2D eigenvalue weighted by Crippen LogP contribution is 2.31. The number of nitrogens with zero attached hydrogens (tertiary/aromatic N) is 1. The summed E-state index contributed by atoms with van der Waals surface area (Å²) in [6, 6.07) is 6.04. The van der Waals surface area contributed by atoms with Crippen molar-refractivity contribution in [1.29, 1.82) is 0 Å². The Morgan fingerprint density at radius 1 is 1.17 bits per heavy atom. The molecule has 1 fully saturated rings. The van der Waals surface area contributed by atoms with E-state index in [1.807, 2.05) is 0 Å². The van der Waals surface area contributed by atoms with Gasteiger partial charge >= 0.3 is 6.18 Å². The second kappa shape index (κ2) is 4.80. The molecule has 18 heavy (non-hydrogen) atoms. The van der Waals surface area contributed by atoms with E-state index in [4.69, 9.17) is 0 Å². The molecule has 0 aliphatic carbocycles. The molecule has 0 saturated carbocycles. The van der Waals surface area contributed by atoms with E-state index in [-0.39, 0.29) is 6.04 Å². The molecule has 1 saturated heterocycles. The molecule has 100 valence electrons. The Labute approximate surface area is 105 Å². The summed E-state index contributed by atoms with van der Waals surface area (Å²) in [6.45, 7) is 5.80. The summed E-state index contributed by atoms with van der Waals surface area (Å²) in [5, 5.41) is 3.35. The van der Waals surface area contributed by atoms with Crippen molar-refractivity contribution in [2.24, 2.45) is 0 Å². The lowest BCUT2D eigenvalue weighted by molar-refractivity contribution is -0.137. The Morgan fingerprint density at radius 2 is 1.78 bits per heavy atom. The number of rotatable bonds is 1. The van der Waals surface area contributed by atoms with Crippen LogP contribution in [-0.4, -0.2) is 25.2 Å². The largest absolute Gasteiger partial charge is 0.416 e. The maximum atomic E-state index is 12.5. The first-order valence-corrected chi connectivity index (χ1v) is 6.05. The van der Waals surface area contributed by atoms with E-state index in [1.54, 1.807) is 12.1 Å². The zero-order valence-electron chi connectivity index (χ0n) is 10.5. The summed E-state index contributed by atoms with van der Waals surface area (Å²) < 4.78 is 37.4. The quantitative estimate of drug-likeness (QED) is 0.833. The number of hydrogen-bond acceptors (Lipinski definition) is 2. The van der Waals surface area contributed by atoms with Gasteiger partial charge in [0.1, 0.15) is 0 Å². The Kier molecular flexibility index (Phi) is 3.52. The van der Waals surface area contributed by atoms with Crippen molar-refractivity contribution in [3.8, 4) is 0 Å². The van der Waals surface area contributed by atoms with Crippen molar-refractivity contribution in [3.63, 3.8) is 0 Å². The SMILES string of the molecule is C[C@@H]1CN(c2ccc(C(F)(F)F)cc2)[C@@H](C)CN1. The van der Waals surface area contributed by atoms with Crippen molar-refractivity contribution in [3.05, 3.63) is 29.8 Å². The summed E-state index contributed by atoms with van der Waals surface area (Å²) in [4.78, 5) is 2.14. The summed E-state index contributed by atoms with van der Waals surface area (Å²) in [5.74, 6) is 0. The Morgan fingerprint density at radius 3 is 2.33 bits per heavy atom. The van der Waals surface area contributed by atoms with E-state index in [0.29, 0.717) is 6.04 Å². The topological polar surface area (TPSA) is 15.3 Å². The Balaban J connectivity index is 2.18. The molecule has 1 aliphatic heterocycles. The first-order valence-electron chi connectivity index (χ1n) is 6.05. The molecule has 0 spiro atoms. The number of halogens is 3. The van der Waals surface area contributed by atoms with Crippen LogP contribution in [0.4, 0.5) is 18.9 Å². The fourth-order valence-electron chi connectivity index (χ4n) is 2.22. The number of benzene rings is 1. The smallest absolute Gasteiger partial charge is 0.366 e. The van der Waals surface area contributed by atoms with Crippen LogP contribution >= 0.6 is 0 Å². The van der Waals surface area contributed by atoms with Gasteiger partial charge in [0.15, 0.2) is 0 Å². The Hall–Kier alpha value is -1.23. The molecule has 0 aromatic heterocycles. The first-order chi connectivity index (χ1) is 8.38. The molecule has 0 amide bonds. The Bertz CT molecular complexity index is 400. The van der Waals surface area contributed by atoms with E-state index >= 15 is 0 Å². The van der Waals surface area contributed by atoms with Crippen LogP contribution < -0.4 is 10.2 Å². The second-order valence-corrected chi connectivity index (χ2v) is 4.86. The minimum atomic E-state index is -4.26. The molecule has 2 atom stereocenters. The van der Waals surface area contributed by atoms with Crippen molar-refractivity contribution >= 4 is 5.69 Å². The molecule has 1 heterocycles. The van der Waals surface area contributed by atoms with Gasteiger partial charge in [-0.25, -0.2) is 0 Å². The van der Waals surface area contributed by atoms with Gasteiger partial charge in [0.2, 0.25) is 0 Å². The summed E-state index contributed by atoms with van der Waals surface area (Å²) in [7, 11) is 0. The molecule has 2 rings (SSSR count). The molecule has 1 aliphatic rings. The molecular formula is C13H17F3N2. The average Bonchev–Trinajstić information content (AvgIpc) is 2.31. The normalized spacial score (nSPS) is 25.3. The fraction of sp³-hybridized carbons (Fsp3) is 0.538. The standard InChI is InChI=1S/C13H17F3N2/c1-9-8-18(10(2)7-17-9)12-5-3-11(4-6-12)13(14,15)16/h3-6,9-10,17H,7-8H2,1-2H3/t9-,10+/m1/s1. The van der Waals surface area contributed by atoms with Crippen LogP contribution in [-0.2, 0) is 6.18 Å². The maximum Gasteiger partial charge on any atom is 0.416 e. The molecule has 1 aromatic carbocycles. The monoisotopic (exact) mass is 258 g/mol. The number of piperazine rings is 1. The number of hydrogen-bond donors (Lipinski definition) is 1. The highest BCUT2D eigenvalue weighted by molar-refractivity contribution is 5.49. The first kappa shape index (κ1) is 13.2. The van der Waals surface area contributed by atoms with E-state index in [0.717, 1.165) is 30.9 Å². The van der Waals surface area contributed by atoms with Crippen molar-refractivity contribution in [2.45, 2.75) is 32.1 Å². The van der Waals surface area contributed by atoms with Crippen LogP contribution in [0.25, 0.3) is 0 Å². The molecule has 0 radical (unpaired) electrons. The molecule has 1 N–H and O–H groups in total. The predicted octanol–water partition coefficient (Wildman–Crippen LogP) is 2.89. The molecular weight excluding hydrogens is 241 g/mol. The van der Waals surface area contributed by atoms with Gasteiger partial charge in [0, 0.05) is 30.9 Å². The average molecular weight is 258 g/mol. The highest BCUT2D eigenvalue weighted by Gasteiger charge is 2.30. The fourth-order valence-corrected chi connectivity index (χ4v) is 2.22. The summed E-state index contributed by atoms with van der Waals surface area (Å²) in [5.41, 5.74) is 0.255. The third-order valence-corrected chi connectivity index (χ3v) is 3.29. The predicted molar refractivity (Wildman–Crippen MR) is 65.7 cm³/mol. The van der Waals surface area contributed by atoms with Crippen molar-refractivity contribution in [2.75, 3.05) is 18.0 Å². The summed E-state index contributed by atoms with van der Waals surface area (Å²) >= 11 is 0. The van der Waals surface area contributed by atoms with Crippen LogP contribution in [0.3, 0.4) is 0 Å². The molecule has 0 bridgehead atoms. The molecule has 2 nitrogen and oxygen atoms in total. The van der Waals surface area contributed by atoms with Crippen LogP contribution in [0.15, 0.2) is 24.3 Å². The molecule has 1 aromatic rings. The van der Waals surface area contributed by atoms with Gasteiger partial charge in [-0.2, -0.15) is 13.2 Å². The maximum absolute atomic E-state index is 12.5. The van der Waals surface area contributed by atoms with Gasteiger partial charge < -0.3 is 10.2 Å². The van der Waals surface area contributed by atoms with Crippen LogP contribution in [0, 0.1) is 0 Å². The lowest BCUT2D eigenvalue weighted by atomic mass is 10.1. The van der Waals surface area contributed by atoms with Gasteiger partial charge in [-0.3, -0.25) is 0 Å². The van der Waals surface area contributed by atoms with E-state index in [1.165, 1.54) is 0 Å². The van der Waals surface area contributed by atoms with Crippen LogP contribution in [0.2, 0.25) is 0 Å². The lowest BCUT2D eigenvalue weighted by Crippen LogP contribution is -2.54. The highest BCUT2D eigenvalue weighted by atomic mass is 19.4. The third kappa shape index (κ3) is 2.77. The van der Waals surface area contributed by atoms with Gasteiger partial charge in [0.05, 0.1) is 5.56 Å². The zero-order chi connectivity index (χ0) is 13.3. The number of alkyl halides is 3. The van der Waals surface area contributed by atoms with Crippen LogP contribution in [0.1, 0.15) is 19.4 Å².